The maximum atomic E-state index is 5.37. The summed E-state index contributed by atoms with van der Waals surface area (Å²) < 4.78 is 0. The van der Waals surface area contributed by atoms with Crippen LogP contribution < -0.4 is 16.8 Å². The molecule has 0 spiro atoms. The Labute approximate surface area is 73.0 Å². The Morgan fingerprint density at radius 3 is 2.58 bits per heavy atom. The lowest BCUT2D eigenvalue weighted by Crippen LogP contribution is -2.20. The van der Waals surface area contributed by atoms with Crippen LogP contribution in [0.5, 0.6) is 0 Å². The van der Waals surface area contributed by atoms with Gasteiger partial charge in [0, 0.05) is 12.2 Å². The fourth-order valence-electron chi connectivity index (χ4n) is 0.566. The zero-order chi connectivity index (χ0) is 9.56. The summed E-state index contributed by atoms with van der Waals surface area (Å²) >= 11 is 0. The molecule has 0 heterocycles. The molecule has 0 saturated heterocycles. The van der Waals surface area contributed by atoms with Crippen LogP contribution in [0.15, 0.2) is 29.3 Å². The van der Waals surface area contributed by atoms with Crippen molar-refractivity contribution in [2.75, 3.05) is 0 Å². The van der Waals surface area contributed by atoms with Gasteiger partial charge >= 0.3 is 0 Å². The predicted molar refractivity (Wildman–Crippen MR) is 52.4 cm³/mol. The van der Waals surface area contributed by atoms with Gasteiger partial charge in [-0.2, -0.15) is 0 Å². The molecule has 4 heteroatoms. The average Bonchev–Trinajstić information content (AvgIpc) is 1.99. The fraction of sp³-hybridized carbons (Fsp3) is 0.375. The highest BCUT2D eigenvalue weighted by atomic mass is 15.0. The SMILES string of the molecule is C=C(/N=C\C(N)=C/N)NC(C)C. The molecule has 0 amide bonds. The van der Waals surface area contributed by atoms with E-state index in [2.05, 4.69) is 16.9 Å². The second kappa shape index (κ2) is 5.23. The summed E-state index contributed by atoms with van der Waals surface area (Å²) in [7, 11) is 0. The van der Waals surface area contributed by atoms with Crippen molar-refractivity contribution in [3.63, 3.8) is 0 Å². The van der Waals surface area contributed by atoms with Gasteiger partial charge in [-0.25, -0.2) is 4.99 Å². The highest BCUT2D eigenvalue weighted by Gasteiger charge is 1.91. The maximum Gasteiger partial charge on any atom is 0.118 e. The van der Waals surface area contributed by atoms with Gasteiger partial charge in [-0.15, -0.1) is 0 Å². The number of allylic oxidation sites excluding steroid dienone is 1. The minimum Gasteiger partial charge on any atom is -0.403 e. The van der Waals surface area contributed by atoms with Gasteiger partial charge in [-0.1, -0.05) is 6.58 Å². The van der Waals surface area contributed by atoms with Crippen LogP contribution >= 0.6 is 0 Å². The smallest absolute Gasteiger partial charge is 0.118 e. The number of nitrogens with zero attached hydrogens (tertiary/aromatic N) is 1. The predicted octanol–water partition coefficient (Wildman–Crippen LogP) is 0.285. The molecule has 0 unspecified atom stereocenters. The van der Waals surface area contributed by atoms with Crippen molar-refractivity contribution in [2.24, 2.45) is 16.5 Å². The Hall–Kier alpha value is -1.45. The molecule has 68 valence electrons. The molecule has 0 aliphatic rings. The van der Waals surface area contributed by atoms with E-state index in [9.17, 15) is 0 Å². The largest absolute Gasteiger partial charge is 0.403 e. The van der Waals surface area contributed by atoms with Gasteiger partial charge in [-0.05, 0) is 13.8 Å². The molecule has 0 radical (unpaired) electrons. The van der Waals surface area contributed by atoms with Gasteiger partial charge in [0.1, 0.15) is 5.82 Å². The van der Waals surface area contributed by atoms with E-state index in [0.29, 0.717) is 17.6 Å². The van der Waals surface area contributed by atoms with Gasteiger partial charge in [0.05, 0.1) is 11.9 Å². The van der Waals surface area contributed by atoms with Crippen LogP contribution in [0, 0.1) is 0 Å². The number of hydrogen-bond acceptors (Lipinski definition) is 4. The van der Waals surface area contributed by atoms with Gasteiger partial charge in [-0.3, -0.25) is 0 Å². The Bertz CT molecular complexity index is 203. The lowest BCUT2D eigenvalue weighted by atomic mass is 10.4. The van der Waals surface area contributed by atoms with E-state index in [1.54, 1.807) is 0 Å². The summed E-state index contributed by atoms with van der Waals surface area (Å²) in [6, 6.07) is 0.317. The topological polar surface area (TPSA) is 76.4 Å². The minimum atomic E-state index is 0.317. The Morgan fingerprint density at radius 2 is 2.17 bits per heavy atom. The Morgan fingerprint density at radius 1 is 1.58 bits per heavy atom. The lowest BCUT2D eigenvalue weighted by molar-refractivity contribution is 0.666. The van der Waals surface area contributed by atoms with Crippen molar-refractivity contribution in [2.45, 2.75) is 19.9 Å². The summed E-state index contributed by atoms with van der Waals surface area (Å²) in [6.45, 7) is 7.67. The van der Waals surface area contributed by atoms with Crippen LogP contribution in [0.1, 0.15) is 13.8 Å². The van der Waals surface area contributed by atoms with E-state index in [1.165, 1.54) is 12.4 Å². The summed E-state index contributed by atoms with van der Waals surface area (Å²) in [4.78, 5) is 3.93. The van der Waals surface area contributed by atoms with Gasteiger partial charge in [0.15, 0.2) is 0 Å². The Balaban J connectivity index is 3.92. The molecule has 5 N–H and O–H groups in total. The number of nitrogens with one attached hydrogen (secondary N) is 1. The Kier molecular flexibility index (Phi) is 4.60. The number of aliphatic imine (C=N–C) groups is 1. The molecule has 0 aromatic heterocycles. The number of rotatable bonds is 4. The fourth-order valence-corrected chi connectivity index (χ4v) is 0.566. The average molecular weight is 168 g/mol. The first-order valence-electron chi connectivity index (χ1n) is 3.73. The molecule has 0 saturated carbocycles. The molecule has 0 atom stereocenters. The first-order valence-corrected chi connectivity index (χ1v) is 3.73. The molecule has 12 heavy (non-hydrogen) atoms. The van der Waals surface area contributed by atoms with Crippen LogP contribution in [0.3, 0.4) is 0 Å². The molecule has 0 aromatic rings. The van der Waals surface area contributed by atoms with Crippen molar-refractivity contribution < 1.29 is 0 Å². The van der Waals surface area contributed by atoms with E-state index in [4.69, 9.17) is 11.5 Å². The molecular weight excluding hydrogens is 152 g/mol. The molecule has 4 nitrogen and oxygen atoms in total. The maximum absolute atomic E-state index is 5.37. The lowest BCUT2D eigenvalue weighted by Gasteiger charge is -2.07. The highest BCUT2D eigenvalue weighted by molar-refractivity contribution is 5.77. The van der Waals surface area contributed by atoms with Crippen molar-refractivity contribution >= 4 is 6.21 Å². The van der Waals surface area contributed by atoms with Crippen molar-refractivity contribution in [1.82, 2.24) is 5.32 Å². The summed E-state index contributed by atoms with van der Waals surface area (Å²) in [6.07, 6.45) is 2.74. The second-order valence-electron chi connectivity index (χ2n) is 2.67. The molecular formula is C8H16N4. The molecule has 0 bridgehead atoms. The molecule has 0 aliphatic heterocycles. The third-order valence-corrected chi connectivity index (χ3v) is 1.02. The molecule has 0 aliphatic carbocycles. The minimum absolute atomic E-state index is 0.317. The third-order valence-electron chi connectivity index (χ3n) is 1.02. The van der Waals surface area contributed by atoms with Crippen LogP contribution in [-0.4, -0.2) is 12.3 Å². The van der Waals surface area contributed by atoms with Crippen LogP contribution in [0.2, 0.25) is 0 Å². The monoisotopic (exact) mass is 168 g/mol. The van der Waals surface area contributed by atoms with E-state index in [0.717, 1.165) is 0 Å². The number of hydrogen-bond donors (Lipinski definition) is 3. The molecule has 0 fully saturated rings. The normalized spacial score (nSPS) is 12.4. The third kappa shape index (κ3) is 5.34. The summed E-state index contributed by atoms with van der Waals surface area (Å²) in [5.74, 6) is 0.579. The zero-order valence-corrected chi connectivity index (χ0v) is 7.54. The van der Waals surface area contributed by atoms with E-state index < -0.39 is 0 Å². The molecule has 0 aromatic carbocycles. The van der Waals surface area contributed by atoms with Gasteiger partial charge < -0.3 is 16.8 Å². The highest BCUT2D eigenvalue weighted by Crippen LogP contribution is 1.89. The van der Waals surface area contributed by atoms with Gasteiger partial charge in [0.2, 0.25) is 0 Å². The first-order chi connectivity index (χ1) is 5.56. The van der Waals surface area contributed by atoms with E-state index in [1.807, 2.05) is 13.8 Å². The van der Waals surface area contributed by atoms with E-state index >= 15 is 0 Å². The summed E-state index contributed by atoms with van der Waals surface area (Å²) in [5, 5.41) is 3.01. The second-order valence-corrected chi connectivity index (χ2v) is 2.67. The zero-order valence-electron chi connectivity index (χ0n) is 7.54. The quantitative estimate of drug-likeness (QED) is 0.528. The van der Waals surface area contributed by atoms with E-state index in [-0.39, 0.29) is 0 Å². The summed E-state index contributed by atoms with van der Waals surface area (Å²) in [5.41, 5.74) is 10.9. The van der Waals surface area contributed by atoms with Crippen molar-refractivity contribution in [1.29, 1.82) is 0 Å². The van der Waals surface area contributed by atoms with Crippen molar-refractivity contribution in [3.05, 3.63) is 24.3 Å². The van der Waals surface area contributed by atoms with Gasteiger partial charge in [0.25, 0.3) is 0 Å². The number of nitrogens with two attached hydrogens (primary N) is 2. The van der Waals surface area contributed by atoms with Crippen LogP contribution in [0.4, 0.5) is 0 Å². The standard InChI is InChI=1S/C8H16N4/c1-6(2)12-7(3)11-5-8(10)4-9/h4-6,12H,3,9-10H2,1-2H3/b8-4+,11-5-. The van der Waals surface area contributed by atoms with Crippen LogP contribution in [-0.2, 0) is 0 Å². The van der Waals surface area contributed by atoms with Crippen LogP contribution in [0.25, 0.3) is 0 Å². The molecule has 0 rings (SSSR count). The first kappa shape index (κ1) is 10.6. The van der Waals surface area contributed by atoms with Crippen molar-refractivity contribution in [3.8, 4) is 0 Å².